The van der Waals surface area contributed by atoms with E-state index in [2.05, 4.69) is 10.6 Å². The van der Waals surface area contributed by atoms with E-state index in [4.69, 9.17) is 9.47 Å². The molecule has 0 saturated carbocycles. The molecule has 11 heteroatoms. The van der Waals surface area contributed by atoms with Crippen LogP contribution in [0, 0.1) is 23.7 Å². The number of carbonyl (C=O) groups is 5. The smallest absolute Gasteiger partial charge is 0.407 e. The summed E-state index contributed by atoms with van der Waals surface area (Å²) >= 11 is 0. The van der Waals surface area contributed by atoms with Crippen LogP contribution in [0.2, 0.25) is 0 Å². The summed E-state index contributed by atoms with van der Waals surface area (Å²) < 4.78 is 10.6. The molecule has 37 heavy (non-hydrogen) atoms. The van der Waals surface area contributed by atoms with Gasteiger partial charge in [-0.15, -0.1) is 0 Å². The average molecular weight is 531 g/mol. The Morgan fingerprint density at radius 3 is 1.86 bits per heavy atom. The molecule has 0 saturated heterocycles. The van der Waals surface area contributed by atoms with Crippen LogP contribution in [-0.2, 0) is 28.7 Å². The fourth-order valence-electron chi connectivity index (χ4n) is 3.46. The van der Waals surface area contributed by atoms with Gasteiger partial charge in [-0.1, -0.05) is 48.0 Å². The number of rotatable bonds is 14. The fourth-order valence-corrected chi connectivity index (χ4v) is 3.46. The maximum absolute atomic E-state index is 13.1. The minimum atomic E-state index is -1.80. The largest absolute Gasteiger partial charge is 0.480 e. The highest BCUT2D eigenvalue weighted by molar-refractivity contribution is 6.04. The molecule has 0 rings (SSSR count). The van der Waals surface area contributed by atoms with E-state index >= 15 is 0 Å². The predicted octanol–water partition coefficient (Wildman–Crippen LogP) is 2.68. The summed E-state index contributed by atoms with van der Waals surface area (Å²) in [5, 5.41) is 25.0. The van der Waals surface area contributed by atoms with E-state index in [1.165, 1.54) is 6.92 Å². The molecule has 0 unspecified atom stereocenters. The maximum Gasteiger partial charge on any atom is 0.407 e. The first-order chi connectivity index (χ1) is 16.8. The number of aliphatic hydroxyl groups excluding tert-OH is 1. The van der Waals surface area contributed by atoms with Crippen LogP contribution in [0.25, 0.3) is 0 Å². The van der Waals surface area contributed by atoms with Crippen molar-refractivity contribution in [3.8, 4) is 0 Å². The molecule has 0 aliphatic heterocycles. The van der Waals surface area contributed by atoms with E-state index in [1.807, 2.05) is 6.92 Å². The first-order valence-corrected chi connectivity index (χ1v) is 12.8. The number of amides is 2. The second kappa shape index (κ2) is 14.9. The number of carbonyl (C=O) groups excluding carboxylic acids is 4. The molecule has 2 amide bonds. The van der Waals surface area contributed by atoms with E-state index < -0.39 is 71.5 Å². The van der Waals surface area contributed by atoms with Crippen LogP contribution in [0.4, 0.5) is 4.79 Å². The van der Waals surface area contributed by atoms with Gasteiger partial charge >= 0.3 is 18.0 Å². The van der Waals surface area contributed by atoms with Crippen molar-refractivity contribution in [2.75, 3.05) is 0 Å². The highest BCUT2D eigenvalue weighted by atomic mass is 16.6. The minimum absolute atomic E-state index is 0.00832. The van der Waals surface area contributed by atoms with Gasteiger partial charge < -0.3 is 30.3 Å². The molecule has 0 radical (unpaired) electrons. The van der Waals surface area contributed by atoms with Gasteiger partial charge in [0, 0.05) is 0 Å². The van der Waals surface area contributed by atoms with Crippen LogP contribution < -0.4 is 10.6 Å². The molecule has 0 aromatic rings. The van der Waals surface area contributed by atoms with Gasteiger partial charge in [-0.25, -0.2) is 14.4 Å². The molecule has 0 heterocycles. The van der Waals surface area contributed by atoms with Gasteiger partial charge in [0.15, 0.2) is 18.0 Å². The molecule has 0 aliphatic carbocycles. The van der Waals surface area contributed by atoms with E-state index in [0.717, 1.165) is 0 Å². The summed E-state index contributed by atoms with van der Waals surface area (Å²) in [6.07, 6.45) is -3.31. The van der Waals surface area contributed by atoms with Crippen molar-refractivity contribution in [2.45, 2.75) is 112 Å². The number of nitrogens with one attached hydrogen (secondary N) is 2. The Bertz CT molecular complexity index is 804. The molecule has 4 N–H and O–H groups in total. The maximum atomic E-state index is 13.1. The number of aliphatic hydroxyl groups is 1. The molecule has 0 bridgehead atoms. The number of carboxylic acid groups (broad SMARTS) is 1. The zero-order valence-corrected chi connectivity index (χ0v) is 23.8. The lowest BCUT2D eigenvalue weighted by Gasteiger charge is -2.31. The Kier molecular flexibility index (Phi) is 13.8. The number of alkyl carbamates (subject to hydrolysis) is 1. The van der Waals surface area contributed by atoms with Gasteiger partial charge in [0.1, 0.15) is 11.6 Å². The molecule has 0 aromatic heterocycles. The van der Waals surface area contributed by atoms with Crippen LogP contribution in [-0.4, -0.2) is 69.8 Å². The first-order valence-electron chi connectivity index (χ1n) is 12.8. The van der Waals surface area contributed by atoms with Gasteiger partial charge in [0.25, 0.3) is 0 Å². The fraction of sp³-hybridized carbons (Fsp3) is 0.808. The number of esters is 1. The van der Waals surface area contributed by atoms with Gasteiger partial charge in [-0.05, 0) is 51.9 Å². The zero-order chi connectivity index (χ0) is 29.2. The van der Waals surface area contributed by atoms with Crippen molar-refractivity contribution < 1.29 is 43.7 Å². The molecular weight excluding hydrogens is 484 g/mol. The van der Waals surface area contributed by atoms with Crippen molar-refractivity contribution in [3.63, 3.8) is 0 Å². The number of carboxylic acids is 1. The third-order valence-corrected chi connectivity index (χ3v) is 5.79. The van der Waals surface area contributed by atoms with Crippen LogP contribution >= 0.6 is 0 Å². The lowest BCUT2D eigenvalue weighted by molar-refractivity contribution is -0.169. The van der Waals surface area contributed by atoms with Crippen molar-refractivity contribution in [1.82, 2.24) is 10.6 Å². The zero-order valence-electron chi connectivity index (χ0n) is 23.8. The molecular formula is C26H46N2O9. The number of hydrogen-bond donors (Lipinski definition) is 4. The second-order valence-corrected chi connectivity index (χ2v) is 11.3. The van der Waals surface area contributed by atoms with Crippen molar-refractivity contribution in [1.29, 1.82) is 0 Å². The van der Waals surface area contributed by atoms with Crippen molar-refractivity contribution >= 4 is 29.7 Å². The predicted molar refractivity (Wildman–Crippen MR) is 137 cm³/mol. The molecule has 0 aromatic carbocycles. The lowest BCUT2D eigenvalue weighted by atomic mass is 9.92. The topological polar surface area (TPSA) is 168 Å². The lowest BCUT2D eigenvalue weighted by Crippen LogP contribution is -2.53. The van der Waals surface area contributed by atoms with Crippen LogP contribution in [0.5, 0.6) is 0 Å². The van der Waals surface area contributed by atoms with Crippen molar-refractivity contribution in [2.24, 2.45) is 23.7 Å². The standard InChI is InChI=1S/C26H46N2O9/c1-11-15(6)18(28-25(35)37-26(8,9)10)20(30)24(34)36-21(14(4)5)19(29)16(7)22(31)27-17(23(32)33)12-13(2)3/h13-18,20-21,30H,11-12H2,1-10H3,(H,27,31)(H,28,35)(H,32,33)/t15-,16-,17-,18+,20-,21-/m0/s1. The summed E-state index contributed by atoms with van der Waals surface area (Å²) in [4.78, 5) is 62.4. The number of ketones is 1. The Morgan fingerprint density at radius 2 is 1.46 bits per heavy atom. The number of ether oxygens (including phenoxy) is 2. The SMILES string of the molecule is CC[C@H](C)[C@@H](NC(=O)OC(C)(C)C)[C@H](O)C(=O)O[C@H](C(=O)[C@H](C)C(=O)N[C@@H](CC(C)C)C(=O)O)C(C)C. The number of aliphatic carboxylic acids is 1. The molecule has 11 nitrogen and oxygen atoms in total. The summed E-state index contributed by atoms with van der Waals surface area (Å²) in [5.41, 5.74) is -0.795. The van der Waals surface area contributed by atoms with E-state index in [1.54, 1.807) is 55.4 Å². The normalized spacial score (nSPS) is 16.7. The van der Waals surface area contributed by atoms with Crippen LogP contribution in [0.3, 0.4) is 0 Å². The van der Waals surface area contributed by atoms with Crippen LogP contribution in [0.1, 0.15) is 82.1 Å². The third kappa shape index (κ3) is 11.9. The summed E-state index contributed by atoms with van der Waals surface area (Å²) in [6.45, 7) is 16.7. The first kappa shape index (κ1) is 34.3. The Morgan fingerprint density at radius 1 is 0.919 bits per heavy atom. The molecule has 6 atom stereocenters. The van der Waals surface area contributed by atoms with Crippen molar-refractivity contribution in [3.05, 3.63) is 0 Å². The number of Topliss-reactive ketones (excluding diaryl/α,β-unsaturated/α-hetero) is 1. The quantitative estimate of drug-likeness (QED) is 0.195. The third-order valence-electron chi connectivity index (χ3n) is 5.79. The van der Waals surface area contributed by atoms with E-state index in [0.29, 0.717) is 6.42 Å². The summed E-state index contributed by atoms with van der Waals surface area (Å²) in [5.74, 6) is -6.10. The van der Waals surface area contributed by atoms with E-state index in [-0.39, 0.29) is 18.3 Å². The van der Waals surface area contributed by atoms with Gasteiger partial charge in [-0.3, -0.25) is 9.59 Å². The summed E-state index contributed by atoms with van der Waals surface area (Å²) in [6, 6.07) is -2.22. The molecule has 0 aliphatic rings. The van der Waals surface area contributed by atoms with Gasteiger partial charge in [0.2, 0.25) is 5.91 Å². The average Bonchev–Trinajstić information content (AvgIpc) is 2.76. The Labute approximate surface area is 220 Å². The Hall–Kier alpha value is -2.69. The highest BCUT2D eigenvalue weighted by Gasteiger charge is 2.39. The Balaban J connectivity index is 5.61. The summed E-state index contributed by atoms with van der Waals surface area (Å²) in [7, 11) is 0. The monoisotopic (exact) mass is 530 g/mol. The van der Waals surface area contributed by atoms with E-state index in [9.17, 15) is 34.2 Å². The molecule has 0 fully saturated rings. The number of hydrogen-bond acceptors (Lipinski definition) is 8. The van der Waals surface area contributed by atoms with Gasteiger partial charge in [0.05, 0.1) is 12.0 Å². The molecule has 214 valence electrons. The molecule has 0 spiro atoms. The highest BCUT2D eigenvalue weighted by Crippen LogP contribution is 2.19. The minimum Gasteiger partial charge on any atom is -0.480 e. The van der Waals surface area contributed by atoms with Gasteiger partial charge in [-0.2, -0.15) is 0 Å². The van der Waals surface area contributed by atoms with Crippen LogP contribution in [0.15, 0.2) is 0 Å². The second-order valence-electron chi connectivity index (χ2n) is 11.3.